The Labute approximate surface area is 87.2 Å². The Morgan fingerprint density at radius 1 is 1.27 bits per heavy atom. The predicted molar refractivity (Wildman–Crippen MR) is 52.8 cm³/mol. The minimum Gasteiger partial charge on any atom is -0.378 e. The third-order valence-corrected chi connectivity index (χ3v) is 2.46. The highest BCUT2D eigenvalue weighted by molar-refractivity contribution is 5.23. The number of hydrogen-bond acceptors (Lipinski definition) is 2. The van der Waals surface area contributed by atoms with Crippen molar-refractivity contribution in [3.63, 3.8) is 0 Å². The number of ether oxygens (including phenoxy) is 1. The summed E-state index contributed by atoms with van der Waals surface area (Å²) in [5.74, 6) is 0. The first-order valence-corrected chi connectivity index (χ1v) is 4.94. The van der Waals surface area contributed by atoms with E-state index >= 15 is 0 Å². The van der Waals surface area contributed by atoms with Crippen LogP contribution in [0.25, 0.3) is 0 Å². The second-order valence-electron chi connectivity index (χ2n) is 3.66. The monoisotopic (exact) mass is 213 g/mol. The highest BCUT2D eigenvalue weighted by Crippen LogP contribution is 2.18. The van der Waals surface area contributed by atoms with E-state index in [2.05, 4.69) is 5.32 Å². The quantitative estimate of drug-likeness (QED) is 0.827. The maximum Gasteiger partial charge on any atom is 0.263 e. The second kappa shape index (κ2) is 4.68. The van der Waals surface area contributed by atoms with Crippen LogP contribution >= 0.6 is 0 Å². The summed E-state index contributed by atoms with van der Waals surface area (Å²) < 4.78 is 29.5. The fourth-order valence-corrected chi connectivity index (χ4v) is 1.40. The standard InChI is InChI=1S/C11H13F2NO/c12-11(13)9-3-1-8(2-4-9)5-14-10-6-15-7-10/h1-4,10-11,14H,5-7H2. The first-order valence-electron chi connectivity index (χ1n) is 4.94. The van der Waals surface area contributed by atoms with E-state index in [4.69, 9.17) is 4.74 Å². The minimum absolute atomic E-state index is 0.0747. The van der Waals surface area contributed by atoms with Crippen LogP contribution in [0, 0.1) is 0 Å². The first-order chi connectivity index (χ1) is 7.25. The van der Waals surface area contributed by atoms with Crippen LogP contribution in [0.1, 0.15) is 17.6 Å². The van der Waals surface area contributed by atoms with E-state index in [1.807, 2.05) is 0 Å². The van der Waals surface area contributed by atoms with Crippen LogP contribution in [0.15, 0.2) is 24.3 Å². The maximum absolute atomic E-state index is 12.2. The fourth-order valence-electron chi connectivity index (χ4n) is 1.40. The summed E-state index contributed by atoms with van der Waals surface area (Å²) in [6.07, 6.45) is -2.38. The summed E-state index contributed by atoms with van der Waals surface area (Å²) in [5, 5.41) is 3.27. The van der Waals surface area contributed by atoms with Gasteiger partial charge in [-0.25, -0.2) is 8.78 Å². The lowest BCUT2D eigenvalue weighted by atomic mass is 10.1. The zero-order valence-corrected chi connectivity index (χ0v) is 8.25. The number of alkyl halides is 2. The van der Waals surface area contributed by atoms with Gasteiger partial charge in [0.25, 0.3) is 6.43 Å². The predicted octanol–water partition coefficient (Wildman–Crippen LogP) is 2.11. The zero-order valence-electron chi connectivity index (χ0n) is 8.25. The highest BCUT2D eigenvalue weighted by atomic mass is 19.3. The van der Waals surface area contributed by atoms with Crippen molar-refractivity contribution in [2.45, 2.75) is 19.0 Å². The summed E-state index contributed by atoms with van der Waals surface area (Å²) >= 11 is 0. The van der Waals surface area contributed by atoms with Crippen molar-refractivity contribution >= 4 is 0 Å². The van der Waals surface area contributed by atoms with Gasteiger partial charge in [-0.2, -0.15) is 0 Å². The molecule has 1 aliphatic heterocycles. The van der Waals surface area contributed by atoms with Gasteiger partial charge in [0.1, 0.15) is 0 Å². The first kappa shape index (κ1) is 10.5. The Morgan fingerprint density at radius 3 is 2.40 bits per heavy atom. The fraction of sp³-hybridized carbons (Fsp3) is 0.455. The largest absolute Gasteiger partial charge is 0.378 e. The van der Waals surface area contributed by atoms with Crippen molar-refractivity contribution in [2.75, 3.05) is 13.2 Å². The molecule has 0 amide bonds. The van der Waals surface area contributed by atoms with E-state index in [-0.39, 0.29) is 5.56 Å². The summed E-state index contributed by atoms with van der Waals surface area (Å²) in [7, 11) is 0. The number of benzene rings is 1. The van der Waals surface area contributed by atoms with Crippen molar-refractivity contribution in [3.05, 3.63) is 35.4 Å². The lowest BCUT2D eigenvalue weighted by Crippen LogP contribution is -2.45. The van der Waals surface area contributed by atoms with Crippen LogP contribution in [0.2, 0.25) is 0 Å². The lowest BCUT2D eigenvalue weighted by molar-refractivity contribution is -0.00578. The summed E-state index contributed by atoms with van der Waals surface area (Å²) in [4.78, 5) is 0. The van der Waals surface area contributed by atoms with E-state index < -0.39 is 6.43 Å². The van der Waals surface area contributed by atoms with Gasteiger partial charge >= 0.3 is 0 Å². The Bertz CT molecular complexity index is 309. The van der Waals surface area contributed by atoms with Gasteiger partial charge in [-0.1, -0.05) is 24.3 Å². The smallest absolute Gasteiger partial charge is 0.263 e. The molecule has 1 N–H and O–H groups in total. The Morgan fingerprint density at radius 2 is 1.93 bits per heavy atom. The van der Waals surface area contributed by atoms with Gasteiger partial charge in [0.05, 0.1) is 19.3 Å². The molecule has 1 saturated heterocycles. The molecule has 2 nitrogen and oxygen atoms in total. The molecule has 0 bridgehead atoms. The average molecular weight is 213 g/mol. The van der Waals surface area contributed by atoms with Crippen LogP contribution in [0.4, 0.5) is 8.78 Å². The summed E-state index contributed by atoms with van der Waals surface area (Å²) in [6, 6.07) is 6.82. The van der Waals surface area contributed by atoms with Crippen LogP contribution in [-0.4, -0.2) is 19.3 Å². The molecule has 4 heteroatoms. The SMILES string of the molecule is FC(F)c1ccc(CNC2COC2)cc1. The van der Waals surface area contributed by atoms with Crippen LogP contribution < -0.4 is 5.32 Å². The van der Waals surface area contributed by atoms with Gasteiger partial charge in [0, 0.05) is 12.1 Å². The van der Waals surface area contributed by atoms with Crippen molar-refractivity contribution in [1.82, 2.24) is 5.32 Å². The average Bonchev–Trinajstić information content (AvgIpc) is 2.16. The normalized spacial score (nSPS) is 16.7. The third-order valence-electron chi connectivity index (χ3n) is 2.46. The third kappa shape index (κ3) is 2.73. The maximum atomic E-state index is 12.2. The molecule has 0 atom stereocenters. The van der Waals surface area contributed by atoms with E-state index in [0.29, 0.717) is 12.6 Å². The molecule has 15 heavy (non-hydrogen) atoms. The van der Waals surface area contributed by atoms with Crippen molar-refractivity contribution in [3.8, 4) is 0 Å². The molecule has 1 fully saturated rings. The molecule has 82 valence electrons. The molecule has 0 radical (unpaired) electrons. The van der Waals surface area contributed by atoms with E-state index in [9.17, 15) is 8.78 Å². The summed E-state index contributed by atoms with van der Waals surface area (Å²) in [6.45, 7) is 2.20. The lowest BCUT2D eigenvalue weighted by Gasteiger charge is -2.27. The van der Waals surface area contributed by atoms with Gasteiger partial charge in [-0.3, -0.25) is 0 Å². The van der Waals surface area contributed by atoms with Crippen LogP contribution in [0.5, 0.6) is 0 Å². The molecular formula is C11H13F2NO. The molecule has 0 saturated carbocycles. The number of rotatable bonds is 4. The van der Waals surface area contributed by atoms with E-state index in [1.54, 1.807) is 12.1 Å². The van der Waals surface area contributed by atoms with Gasteiger partial charge in [0.15, 0.2) is 0 Å². The van der Waals surface area contributed by atoms with Crippen LogP contribution in [-0.2, 0) is 11.3 Å². The molecule has 1 aromatic carbocycles. The van der Waals surface area contributed by atoms with Gasteiger partial charge < -0.3 is 10.1 Å². The van der Waals surface area contributed by atoms with Gasteiger partial charge in [-0.05, 0) is 5.56 Å². The molecular weight excluding hydrogens is 200 g/mol. The molecule has 0 spiro atoms. The zero-order chi connectivity index (χ0) is 10.7. The Hall–Kier alpha value is -1.00. The van der Waals surface area contributed by atoms with Crippen molar-refractivity contribution in [1.29, 1.82) is 0 Å². The summed E-state index contributed by atoms with van der Waals surface area (Å²) in [5.41, 5.74) is 1.09. The molecule has 0 aromatic heterocycles. The number of hydrogen-bond donors (Lipinski definition) is 1. The number of halogens is 2. The number of nitrogens with one attached hydrogen (secondary N) is 1. The van der Waals surface area contributed by atoms with E-state index in [1.165, 1.54) is 12.1 Å². The molecule has 1 heterocycles. The molecule has 0 aliphatic carbocycles. The van der Waals surface area contributed by atoms with Crippen molar-refractivity contribution < 1.29 is 13.5 Å². The molecule has 1 aliphatic rings. The van der Waals surface area contributed by atoms with Gasteiger partial charge in [0.2, 0.25) is 0 Å². The molecule has 1 aromatic rings. The van der Waals surface area contributed by atoms with E-state index in [0.717, 1.165) is 18.8 Å². The molecule has 2 rings (SSSR count). The topological polar surface area (TPSA) is 21.3 Å². The van der Waals surface area contributed by atoms with Gasteiger partial charge in [-0.15, -0.1) is 0 Å². The minimum atomic E-state index is -2.38. The second-order valence-corrected chi connectivity index (χ2v) is 3.66. The van der Waals surface area contributed by atoms with Crippen LogP contribution in [0.3, 0.4) is 0 Å². The van der Waals surface area contributed by atoms with Crippen molar-refractivity contribution in [2.24, 2.45) is 0 Å². The highest BCUT2D eigenvalue weighted by Gasteiger charge is 2.16. The Balaban J connectivity index is 1.86. The molecule has 0 unspecified atom stereocenters. The Kier molecular flexibility index (Phi) is 3.28.